The molecule has 1 N–H and O–H groups in total. The van der Waals surface area contributed by atoms with Crippen LogP contribution in [0.25, 0.3) is 11.1 Å². The topological polar surface area (TPSA) is 84.4 Å². The van der Waals surface area contributed by atoms with E-state index in [-0.39, 0.29) is 18.5 Å². The van der Waals surface area contributed by atoms with E-state index in [1.54, 1.807) is 12.4 Å². The van der Waals surface area contributed by atoms with Gasteiger partial charge >= 0.3 is 5.97 Å². The highest BCUT2D eigenvalue weighted by molar-refractivity contribution is 5.85. The average Bonchev–Trinajstić information content (AvgIpc) is 3.15. The van der Waals surface area contributed by atoms with Crippen molar-refractivity contribution < 1.29 is 14.3 Å². The zero-order valence-corrected chi connectivity index (χ0v) is 14.7. The fourth-order valence-corrected chi connectivity index (χ4v) is 3.15. The lowest BCUT2D eigenvalue weighted by molar-refractivity contribution is -0.141. The number of carbonyl (C=O) groups excluding carboxylic acids is 2. The van der Waals surface area contributed by atoms with E-state index in [1.165, 1.54) is 13.4 Å². The van der Waals surface area contributed by atoms with Gasteiger partial charge in [0.1, 0.15) is 12.9 Å². The molecule has 7 nitrogen and oxygen atoms in total. The molecule has 1 atom stereocenters. The van der Waals surface area contributed by atoms with Crippen LogP contribution in [0.1, 0.15) is 18.4 Å². The van der Waals surface area contributed by atoms with E-state index in [1.807, 2.05) is 12.1 Å². The van der Waals surface area contributed by atoms with Gasteiger partial charge in [-0.25, -0.2) is 9.97 Å². The molecule has 136 valence electrons. The molecule has 0 aliphatic carbocycles. The molecule has 0 bridgehead atoms. The molecular formula is C19H22N4O3. The fourth-order valence-electron chi connectivity index (χ4n) is 3.15. The van der Waals surface area contributed by atoms with Gasteiger partial charge in [-0.1, -0.05) is 24.3 Å². The summed E-state index contributed by atoms with van der Waals surface area (Å²) in [6.07, 6.45) is 6.84. The fraction of sp³-hybridized carbons (Fsp3) is 0.368. The quantitative estimate of drug-likeness (QED) is 0.790. The Labute approximate surface area is 152 Å². The highest BCUT2D eigenvalue weighted by atomic mass is 16.5. The first-order valence-electron chi connectivity index (χ1n) is 8.60. The number of benzene rings is 1. The Bertz CT molecular complexity index is 749. The lowest BCUT2D eigenvalue weighted by Crippen LogP contribution is -2.44. The first kappa shape index (κ1) is 18.0. The van der Waals surface area contributed by atoms with Gasteiger partial charge < -0.3 is 10.1 Å². The van der Waals surface area contributed by atoms with Crippen LogP contribution in [-0.2, 0) is 20.9 Å². The summed E-state index contributed by atoms with van der Waals surface area (Å²) in [6.45, 7) is 1.47. The maximum atomic E-state index is 12.3. The van der Waals surface area contributed by atoms with Crippen molar-refractivity contribution in [1.29, 1.82) is 0 Å². The van der Waals surface area contributed by atoms with E-state index in [4.69, 9.17) is 0 Å². The lowest BCUT2D eigenvalue weighted by atomic mass is 10.1. The highest BCUT2D eigenvalue weighted by Gasteiger charge is 2.30. The second-order valence-electron chi connectivity index (χ2n) is 6.25. The Morgan fingerprint density at radius 1 is 1.19 bits per heavy atom. The SMILES string of the molecule is COC(=O)CNC(=O)C1CCCN1Cc1ccc(-c2cncnc2)cc1. The molecule has 0 spiro atoms. The monoisotopic (exact) mass is 354 g/mol. The molecule has 0 saturated carbocycles. The molecule has 1 aromatic carbocycles. The van der Waals surface area contributed by atoms with Gasteiger partial charge in [-0.05, 0) is 30.5 Å². The van der Waals surface area contributed by atoms with Crippen LogP contribution >= 0.6 is 0 Å². The summed E-state index contributed by atoms with van der Waals surface area (Å²) in [7, 11) is 1.31. The molecule has 1 aromatic heterocycles. The van der Waals surface area contributed by atoms with Crippen LogP contribution in [-0.4, -0.2) is 53.0 Å². The molecule has 1 amide bonds. The van der Waals surface area contributed by atoms with Crippen LogP contribution in [0.2, 0.25) is 0 Å². The van der Waals surface area contributed by atoms with E-state index in [9.17, 15) is 9.59 Å². The smallest absolute Gasteiger partial charge is 0.325 e. The Hall–Kier alpha value is -2.80. The minimum Gasteiger partial charge on any atom is -0.468 e. The molecule has 26 heavy (non-hydrogen) atoms. The molecule has 1 unspecified atom stereocenters. The van der Waals surface area contributed by atoms with Crippen LogP contribution in [0, 0.1) is 0 Å². The number of nitrogens with one attached hydrogen (secondary N) is 1. The third kappa shape index (κ3) is 4.43. The van der Waals surface area contributed by atoms with Crippen molar-refractivity contribution in [3.05, 3.63) is 48.5 Å². The minimum absolute atomic E-state index is 0.0898. The summed E-state index contributed by atoms with van der Waals surface area (Å²) in [6, 6.07) is 7.99. The van der Waals surface area contributed by atoms with Crippen LogP contribution in [0.4, 0.5) is 0 Å². The molecule has 2 heterocycles. The van der Waals surface area contributed by atoms with E-state index in [0.29, 0.717) is 6.54 Å². The Kier molecular flexibility index (Phi) is 5.91. The minimum atomic E-state index is -0.441. The first-order valence-corrected chi connectivity index (χ1v) is 8.60. The number of nitrogens with zero attached hydrogens (tertiary/aromatic N) is 3. The van der Waals surface area contributed by atoms with Gasteiger partial charge in [0.05, 0.1) is 13.2 Å². The van der Waals surface area contributed by atoms with Gasteiger partial charge in [-0.2, -0.15) is 0 Å². The second-order valence-corrected chi connectivity index (χ2v) is 6.25. The Morgan fingerprint density at radius 3 is 2.62 bits per heavy atom. The van der Waals surface area contributed by atoms with E-state index >= 15 is 0 Å². The number of rotatable bonds is 6. The summed E-state index contributed by atoms with van der Waals surface area (Å²) in [5, 5.41) is 2.65. The summed E-state index contributed by atoms with van der Waals surface area (Å²) in [5.41, 5.74) is 3.17. The number of esters is 1. The van der Waals surface area contributed by atoms with Crippen molar-refractivity contribution in [2.24, 2.45) is 0 Å². The summed E-state index contributed by atoms with van der Waals surface area (Å²) >= 11 is 0. The third-order valence-electron chi connectivity index (χ3n) is 4.53. The summed E-state index contributed by atoms with van der Waals surface area (Å²) < 4.78 is 4.56. The zero-order valence-electron chi connectivity index (χ0n) is 14.7. The van der Waals surface area contributed by atoms with E-state index < -0.39 is 5.97 Å². The molecule has 1 saturated heterocycles. The summed E-state index contributed by atoms with van der Waals surface area (Å²) in [5.74, 6) is -0.561. The van der Waals surface area contributed by atoms with Crippen molar-refractivity contribution in [2.45, 2.75) is 25.4 Å². The third-order valence-corrected chi connectivity index (χ3v) is 4.53. The van der Waals surface area contributed by atoms with Crippen molar-refractivity contribution in [2.75, 3.05) is 20.2 Å². The average molecular weight is 354 g/mol. The van der Waals surface area contributed by atoms with Gasteiger partial charge in [0.2, 0.25) is 5.91 Å². The van der Waals surface area contributed by atoms with Crippen LogP contribution < -0.4 is 5.32 Å². The van der Waals surface area contributed by atoms with Crippen LogP contribution in [0.15, 0.2) is 43.0 Å². The molecular weight excluding hydrogens is 332 g/mol. The van der Waals surface area contributed by atoms with Gasteiger partial charge in [0, 0.05) is 24.5 Å². The van der Waals surface area contributed by atoms with E-state index in [2.05, 4.69) is 37.1 Å². The number of aromatic nitrogens is 2. The van der Waals surface area contributed by atoms with Gasteiger partial charge in [-0.3, -0.25) is 14.5 Å². The molecule has 3 rings (SSSR count). The molecule has 1 aliphatic rings. The maximum Gasteiger partial charge on any atom is 0.325 e. The molecule has 1 fully saturated rings. The Balaban J connectivity index is 1.60. The van der Waals surface area contributed by atoms with Crippen molar-refractivity contribution in [1.82, 2.24) is 20.2 Å². The second kappa shape index (κ2) is 8.53. The van der Waals surface area contributed by atoms with Gasteiger partial charge in [0.25, 0.3) is 0 Å². The van der Waals surface area contributed by atoms with Crippen molar-refractivity contribution in [3.8, 4) is 11.1 Å². The van der Waals surface area contributed by atoms with E-state index in [0.717, 1.165) is 36.1 Å². The number of hydrogen-bond donors (Lipinski definition) is 1. The molecule has 2 aromatic rings. The van der Waals surface area contributed by atoms with Crippen molar-refractivity contribution in [3.63, 3.8) is 0 Å². The molecule has 1 aliphatic heterocycles. The summed E-state index contributed by atoms with van der Waals surface area (Å²) in [4.78, 5) is 33.7. The largest absolute Gasteiger partial charge is 0.468 e. The number of ether oxygens (including phenoxy) is 1. The van der Waals surface area contributed by atoms with Crippen LogP contribution in [0.3, 0.4) is 0 Å². The standard InChI is InChI=1S/C19H22N4O3/c1-26-18(24)11-22-19(25)17-3-2-8-23(17)12-14-4-6-15(7-5-14)16-9-20-13-21-10-16/h4-7,9-10,13,17H,2-3,8,11-12H2,1H3,(H,22,25). The number of likely N-dealkylation sites (tertiary alicyclic amines) is 1. The predicted octanol–water partition coefficient (Wildman–Crippen LogP) is 1.40. The molecule has 7 heteroatoms. The number of carbonyl (C=O) groups is 2. The van der Waals surface area contributed by atoms with Gasteiger partial charge in [0.15, 0.2) is 0 Å². The first-order chi connectivity index (χ1) is 12.7. The molecule has 0 radical (unpaired) electrons. The highest BCUT2D eigenvalue weighted by Crippen LogP contribution is 2.22. The zero-order chi connectivity index (χ0) is 18.4. The lowest BCUT2D eigenvalue weighted by Gasteiger charge is -2.23. The normalized spacial score (nSPS) is 17.0. The van der Waals surface area contributed by atoms with Crippen molar-refractivity contribution >= 4 is 11.9 Å². The maximum absolute atomic E-state index is 12.3. The Morgan fingerprint density at radius 2 is 1.92 bits per heavy atom. The predicted molar refractivity (Wildman–Crippen MR) is 95.9 cm³/mol. The number of hydrogen-bond acceptors (Lipinski definition) is 6. The van der Waals surface area contributed by atoms with Gasteiger partial charge in [-0.15, -0.1) is 0 Å². The van der Waals surface area contributed by atoms with Crippen LogP contribution in [0.5, 0.6) is 0 Å². The number of amides is 1. The number of methoxy groups -OCH3 is 1.